The highest BCUT2D eigenvalue weighted by molar-refractivity contribution is 5.77. The summed E-state index contributed by atoms with van der Waals surface area (Å²) < 4.78 is 7.67. The van der Waals surface area contributed by atoms with Crippen molar-refractivity contribution in [1.82, 2.24) is 30.0 Å². The number of aromatic nitrogens is 5. The third-order valence-electron chi connectivity index (χ3n) is 5.97. The van der Waals surface area contributed by atoms with Crippen LogP contribution in [0.1, 0.15) is 55.4 Å². The van der Waals surface area contributed by atoms with Crippen molar-refractivity contribution in [2.24, 2.45) is 0 Å². The van der Waals surface area contributed by atoms with Crippen LogP contribution >= 0.6 is 0 Å². The Labute approximate surface area is 175 Å². The molecule has 1 N–H and O–H groups in total. The Morgan fingerprint density at radius 1 is 1.13 bits per heavy atom. The van der Waals surface area contributed by atoms with Crippen LogP contribution in [-0.2, 0) is 24.2 Å². The second kappa shape index (κ2) is 8.01. The largest absolute Gasteiger partial charge is 0.480 e. The Morgan fingerprint density at radius 2 is 1.93 bits per heavy atom. The lowest BCUT2D eigenvalue weighted by Crippen LogP contribution is -2.35. The van der Waals surface area contributed by atoms with Crippen molar-refractivity contribution < 1.29 is 9.53 Å². The topological polar surface area (TPSA) is 94.8 Å². The number of ether oxygens (including phenoxy) is 1. The van der Waals surface area contributed by atoms with Gasteiger partial charge in [-0.05, 0) is 37.8 Å². The summed E-state index contributed by atoms with van der Waals surface area (Å²) in [6, 6.07) is 7.84. The lowest BCUT2D eigenvalue weighted by Gasteiger charge is -2.16. The molecule has 0 spiro atoms. The lowest BCUT2D eigenvalue weighted by molar-refractivity contribution is -0.121. The summed E-state index contributed by atoms with van der Waals surface area (Å²) in [5.74, 6) is 3.32. The number of methoxy groups -OCH3 is 1. The zero-order valence-electron chi connectivity index (χ0n) is 17.2. The number of fused-ring (bicyclic) bond motifs is 2. The highest BCUT2D eigenvalue weighted by atomic mass is 16.5. The van der Waals surface area contributed by atoms with E-state index in [0.717, 1.165) is 48.5 Å². The van der Waals surface area contributed by atoms with E-state index in [1.54, 1.807) is 7.11 Å². The first-order chi connectivity index (χ1) is 14.7. The van der Waals surface area contributed by atoms with Gasteiger partial charge in [0.2, 0.25) is 11.8 Å². The van der Waals surface area contributed by atoms with Gasteiger partial charge in [0.15, 0.2) is 0 Å². The highest BCUT2D eigenvalue weighted by Crippen LogP contribution is 2.39. The number of para-hydroxylation sites is 2. The molecular formula is C22H26N6O2. The maximum absolute atomic E-state index is 12.6. The number of nitrogens with zero attached hydrogens (tertiary/aromatic N) is 5. The molecule has 3 heterocycles. The molecule has 1 fully saturated rings. The number of aryl methyl sites for hydroxylation is 2. The van der Waals surface area contributed by atoms with E-state index >= 15 is 0 Å². The average Bonchev–Trinajstić information content (AvgIpc) is 3.56. The van der Waals surface area contributed by atoms with E-state index in [4.69, 9.17) is 4.74 Å². The van der Waals surface area contributed by atoms with Gasteiger partial charge >= 0.3 is 0 Å². The lowest BCUT2D eigenvalue weighted by atomic mass is 10.1. The van der Waals surface area contributed by atoms with Crippen LogP contribution in [0.3, 0.4) is 0 Å². The molecule has 5 rings (SSSR count). The minimum Gasteiger partial charge on any atom is -0.480 e. The molecule has 1 aliphatic carbocycles. The molecule has 30 heavy (non-hydrogen) atoms. The van der Waals surface area contributed by atoms with Crippen molar-refractivity contribution in [3.05, 3.63) is 41.6 Å². The van der Waals surface area contributed by atoms with Crippen molar-refractivity contribution in [3.8, 4) is 5.88 Å². The van der Waals surface area contributed by atoms with Gasteiger partial charge < -0.3 is 14.6 Å². The molecule has 1 aromatic carbocycles. The van der Waals surface area contributed by atoms with E-state index in [9.17, 15) is 4.79 Å². The zero-order chi connectivity index (χ0) is 20.5. The van der Waals surface area contributed by atoms with Crippen LogP contribution in [0.4, 0.5) is 0 Å². The van der Waals surface area contributed by atoms with Crippen molar-refractivity contribution in [2.75, 3.05) is 7.11 Å². The van der Waals surface area contributed by atoms with Gasteiger partial charge in [-0.3, -0.25) is 4.79 Å². The fourth-order valence-corrected chi connectivity index (χ4v) is 4.18. The Hall–Kier alpha value is -3.03. The van der Waals surface area contributed by atoms with E-state index in [-0.39, 0.29) is 11.9 Å². The summed E-state index contributed by atoms with van der Waals surface area (Å²) in [6.45, 7) is 0.878. The van der Waals surface area contributed by atoms with Gasteiger partial charge in [-0.15, -0.1) is 10.2 Å². The molecule has 156 valence electrons. The third kappa shape index (κ3) is 3.86. The van der Waals surface area contributed by atoms with Crippen LogP contribution in [0, 0.1) is 0 Å². The maximum Gasteiger partial charge on any atom is 0.235 e. The van der Waals surface area contributed by atoms with Gasteiger partial charge in [0.25, 0.3) is 0 Å². The summed E-state index contributed by atoms with van der Waals surface area (Å²) in [6.07, 6.45) is 5.97. The van der Waals surface area contributed by atoms with Crippen molar-refractivity contribution >= 4 is 16.9 Å². The molecule has 0 bridgehead atoms. The molecule has 1 aliphatic heterocycles. The number of carbonyl (C=O) groups is 1. The van der Waals surface area contributed by atoms with Gasteiger partial charge in [-0.25, -0.2) is 9.97 Å². The van der Waals surface area contributed by atoms with Gasteiger partial charge in [-0.2, -0.15) is 0 Å². The van der Waals surface area contributed by atoms with E-state index in [1.807, 2.05) is 24.3 Å². The maximum atomic E-state index is 12.6. The number of amides is 1. The molecule has 8 heteroatoms. The number of hydrogen-bond donors (Lipinski definition) is 1. The zero-order valence-corrected chi connectivity index (χ0v) is 17.2. The summed E-state index contributed by atoms with van der Waals surface area (Å²) in [7, 11) is 1.59. The van der Waals surface area contributed by atoms with Gasteiger partial charge in [0, 0.05) is 37.8 Å². The van der Waals surface area contributed by atoms with Crippen LogP contribution in [-0.4, -0.2) is 43.8 Å². The first-order valence-electron chi connectivity index (χ1n) is 10.7. The number of rotatable bonds is 6. The van der Waals surface area contributed by atoms with E-state index < -0.39 is 0 Å². The molecule has 1 atom stereocenters. The minimum atomic E-state index is 0.0390. The van der Waals surface area contributed by atoms with E-state index in [1.165, 1.54) is 12.8 Å². The van der Waals surface area contributed by atoms with Gasteiger partial charge in [0.1, 0.15) is 17.3 Å². The molecule has 1 saturated carbocycles. The smallest absolute Gasteiger partial charge is 0.235 e. The standard InChI is InChI=1S/C22H26N6O2/c1-30-22-18(24-16-4-2-3-5-17(16)25-22)9-11-20(29)23-15-8-10-19-26-27-21(14-6-7-14)28(19)13-12-15/h2-5,14-15H,6-13H2,1H3,(H,23,29). The van der Waals surface area contributed by atoms with Crippen LogP contribution in [0.15, 0.2) is 24.3 Å². The Bertz CT molecular complexity index is 1070. The first-order valence-corrected chi connectivity index (χ1v) is 10.7. The number of benzene rings is 1. The molecule has 1 unspecified atom stereocenters. The summed E-state index contributed by atoms with van der Waals surface area (Å²) >= 11 is 0. The first kappa shape index (κ1) is 19.0. The number of hydrogen-bond acceptors (Lipinski definition) is 6. The summed E-state index contributed by atoms with van der Waals surface area (Å²) in [5, 5.41) is 12.0. The fraction of sp³-hybridized carbons (Fsp3) is 0.500. The second-order valence-electron chi connectivity index (χ2n) is 8.16. The fourth-order valence-electron chi connectivity index (χ4n) is 4.18. The molecule has 0 saturated heterocycles. The Morgan fingerprint density at radius 3 is 2.70 bits per heavy atom. The molecule has 3 aromatic rings. The molecule has 2 aliphatic rings. The normalized spacial score (nSPS) is 18.6. The molecule has 1 amide bonds. The van der Waals surface area contributed by atoms with Crippen LogP contribution in [0.25, 0.3) is 11.0 Å². The molecule has 0 radical (unpaired) electrons. The molecule has 2 aromatic heterocycles. The van der Waals surface area contributed by atoms with Gasteiger partial charge in [-0.1, -0.05) is 12.1 Å². The van der Waals surface area contributed by atoms with Gasteiger partial charge in [0.05, 0.1) is 18.1 Å². The SMILES string of the molecule is COc1nc2ccccc2nc1CCC(=O)NC1CCc2nnc(C3CC3)n2CC1. The summed E-state index contributed by atoms with van der Waals surface area (Å²) in [4.78, 5) is 21.8. The predicted octanol–water partition coefficient (Wildman–Crippen LogP) is 2.56. The monoisotopic (exact) mass is 406 g/mol. The Kier molecular flexibility index (Phi) is 5.06. The Balaban J connectivity index is 1.19. The third-order valence-corrected chi connectivity index (χ3v) is 5.97. The van der Waals surface area contributed by atoms with E-state index in [2.05, 4.69) is 30.0 Å². The van der Waals surface area contributed by atoms with Crippen LogP contribution < -0.4 is 10.1 Å². The summed E-state index contributed by atoms with van der Waals surface area (Å²) in [5.41, 5.74) is 2.32. The van der Waals surface area contributed by atoms with Crippen molar-refractivity contribution in [3.63, 3.8) is 0 Å². The minimum absolute atomic E-state index is 0.0390. The van der Waals surface area contributed by atoms with Crippen molar-refractivity contribution in [2.45, 2.75) is 63.5 Å². The molecular weight excluding hydrogens is 380 g/mol. The quantitative estimate of drug-likeness (QED) is 0.676. The number of carbonyl (C=O) groups excluding carboxylic acids is 1. The molecule has 8 nitrogen and oxygen atoms in total. The highest BCUT2D eigenvalue weighted by Gasteiger charge is 2.31. The van der Waals surface area contributed by atoms with Crippen LogP contribution in [0.5, 0.6) is 5.88 Å². The van der Waals surface area contributed by atoms with Crippen molar-refractivity contribution in [1.29, 1.82) is 0 Å². The number of nitrogens with one attached hydrogen (secondary N) is 1. The van der Waals surface area contributed by atoms with E-state index in [0.29, 0.717) is 30.3 Å². The second-order valence-corrected chi connectivity index (χ2v) is 8.16. The predicted molar refractivity (Wildman–Crippen MR) is 111 cm³/mol. The average molecular weight is 406 g/mol. The van der Waals surface area contributed by atoms with Crippen LogP contribution in [0.2, 0.25) is 0 Å².